The molecular weight excluding hydrogens is 242 g/mol. The summed E-state index contributed by atoms with van der Waals surface area (Å²) >= 11 is 0. The summed E-state index contributed by atoms with van der Waals surface area (Å²) in [4.78, 5) is 25.9. The van der Waals surface area contributed by atoms with Crippen molar-refractivity contribution in [3.63, 3.8) is 0 Å². The Morgan fingerprint density at radius 2 is 1.95 bits per heavy atom. The fraction of sp³-hybridized carbons (Fsp3) is 0.429. The molecule has 2 amide bonds. The molecule has 1 saturated heterocycles. The minimum atomic E-state index is -0.0394. The fourth-order valence-electron chi connectivity index (χ4n) is 2.61. The second-order valence-electron chi connectivity index (χ2n) is 4.92. The third-order valence-corrected chi connectivity index (χ3v) is 3.68. The van der Waals surface area contributed by atoms with Gasteiger partial charge in [0, 0.05) is 43.9 Å². The van der Waals surface area contributed by atoms with Gasteiger partial charge in [0.15, 0.2) is 0 Å². The van der Waals surface area contributed by atoms with E-state index in [2.05, 4.69) is 10.6 Å². The number of hydrogen-bond acceptors (Lipinski definition) is 3. The van der Waals surface area contributed by atoms with Gasteiger partial charge >= 0.3 is 0 Å². The zero-order valence-electron chi connectivity index (χ0n) is 10.7. The van der Waals surface area contributed by atoms with E-state index in [-0.39, 0.29) is 11.8 Å². The number of carbonyl (C=O) groups is 2. The van der Waals surface area contributed by atoms with Gasteiger partial charge in [-0.15, -0.1) is 0 Å². The van der Waals surface area contributed by atoms with Crippen LogP contribution in [-0.2, 0) is 6.42 Å². The van der Waals surface area contributed by atoms with Gasteiger partial charge in [-0.2, -0.15) is 0 Å². The van der Waals surface area contributed by atoms with Gasteiger partial charge in [0.05, 0.1) is 0 Å². The lowest BCUT2D eigenvalue weighted by Crippen LogP contribution is -2.46. The maximum Gasteiger partial charge on any atom is 0.253 e. The summed E-state index contributed by atoms with van der Waals surface area (Å²) in [6.07, 6.45) is 0.795. The SMILES string of the molecule is O=C1NCCc2cc(C(=O)N3CCNCC3)ccc21. The van der Waals surface area contributed by atoms with Gasteiger partial charge in [-0.3, -0.25) is 9.59 Å². The predicted octanol–water partition coefficient (Wildman–Crippen LogP) is 0.0179. The minimum Gasteiger partial charge on any atom is -0.352 e. The van der Waals surface area contributed by atoms with E-state index in [1.165, 1.54) is 0 Å². The van der Waals surface area contributed by atoms with E-state index < -0.39 is 0 Å². The van der Waals surface area contributed by atoms with Crippen molar-refractivity contribution in [2.75, 3.05) is 32.7 Å². The molecule has 0 radical (unpaired) electrons. The first-order valence-corrected chi connectivity index (χ1v) is 6.67. The van der Waals surface area contributed by atoms with Gasteiger partial charge in [0.25, 0.3) is 11.8 Å². The molecule has 0 saturated carbocycles. The average Bonchev–Trinajstić information content (AvgIpc) is 2.47. The second-order valence-corrected chi connectivity index (χ2v) is 4.92. The van der Waals surface area contributed by atoms with Crippen LogP contribution in [0.15, 0.2) is 18.2 Å². The lowest BCUT2D eigenvalue weighted by Gasteiger charge is -2.28. The van der Waals surface area contributed by atoms with Crippen LogP contribution in [0.2, 0.25) is 0 Å². The smallest absolute Gasteiger partial charge is 0.253 e. The molecule has 0 atom stereocenters. The number of nitrogens with zero attached hydrogens (tertiary/aromatic N) is 1. The van der Waals surface area contributed by atoms with E-state index in [0.717, 1.165) is 38.2 Å². The number of carbonyl (C=O) groups excluding carboxylic acids is 2. The van der Waals surface area contributed by atoms with Crippen molar-refractivity contribution < 1.29 is 9.59 Å². The highest BCUT2D eigenvalue weighted by molar-refractivity contribution is 5.99. The maximum atomic E-state index is 12.4. The predicted molar refractivity (Wildman–Crippen MR) is 71.3 cm³/mol. The Bertz CT molecular complexity index is 521. The Kier molecular flexibility index (Phi) is 3.21. The third-order valence-electron chi connectivity index (χ3n) is 3.68. The molecule has 1 aromatic rings. The van der Waals surface area contributed by atoms with Gasteiger partial charge in [0.2, 0.25) is 0 Å². The quantitative estimate of drug-likeness (QED) is 0.747. The monoisotopic (exact) mass is 259 g/mol. The first-order valence-electron chi connectivity index (χ1n) is 6.67. The van der Waals surface area contributed by atoms with Crippen LogP contribution >= 0.6 is 0 Å². The normalized spacial score (nSPS) is 18.7. The zero-order valence-corrected chi connectivity index (χ0v) is 10.7. The first kappa shape index (κ1) is 12.2. The van der Waals surface area contributed by atoms with Crippen molar-refractivity contribution in [3.8, 4) is 0 Å². The average molecular weight is 259 g/mol. The molecule has 3 rings (SSSR count). The Hall–Kier alpha value is -1.88. The van der Waals surface area contributed by atoms with Gasteiger partial charge < -0.3 is 15.5 Å². The lowest BCUT2D eigenvalue weighted by molar-refractivity contribution is 0.0735. The van der Waals surface area contributed by atoms with Crippen molar-refractivity contribution in [3.05, 3.63) is 34.9 Å². The van der Waals surface area contributed by atoms with Gasteiger partial charge in [-0.1, -0.05) is 0 Å². The molecule has 1 fully saturated rings. The molecule has 0 bridgehead atoms. The Labute approximate surface area is 112 Å². The van der Waals surface area contributed by atoms with E-state index >= 15 is 0 Å². The molecule has 2 aliphatic heterocycles. The van der Waals surface area contributed by atoms with Crippen LogP contribution in [0.4, 0.5) is 0 Å². The highest BCUT2D eigenvalue weighted by Gasteiger charge is 2.21. The number of fused-ring (bicyclic) bond motifs is 1. The van der Waals surface area contributed by atoms with Crippen molar-refractivity contribution in [2.45, 2.75) is 6.42 Å². The van der Waals surface area contributed by atoms with Crippen LogP contribution < -0.4 is 10.6 Å². The van der Waals surface area contributed by atoms with Crippen molar-refractivity contribution in [2.24, 2.45) is 0 Å². The van der Waals surface area contributed by atoms with Gasteiger partial charge in [-0.25, -0.2) is 0 Å². The summed E-state index contributed by atoms with van der Waals surface area (Å²) in [5.74, 6) is 0.0257. The summed E-state index contributed by atoms with van der Waals surface area (Å²) in [6, 6.07) is 5.39. The largest absolute Gasteiger partial charge is 0.352 e. The molecule has 5 heteroatoms. The van der Waals surface area contributed by atoms with Crippen LogP contribution in [0.5, 0.6) is 0 Å². The van der Waals surface area contributed by atoms with Gasteiger partial charge in [-0.05, 0) is 30.2 Å². The summed E-state index contributed by atoms with van der Waals surface area (Å²) < 4.78 is 0. The van der Waals surface area contributed by atoms with Crippen LogP contribution in [0, 0.1) is 0 Å². The van der Waals surface area contributed by atoms with Crippen molar-refractivity contribution >= 4 is 11.8 Å². The molecular formula is C14H17N3O2. The molecule has 0 unspecified atom stereocenters. The van der Waals surface area contributed by atoms with Crippen LogP contribution in [0.25, 0.3) is 0 Å². The number of benzene rings is 1. The second kappa shape index (κ2) is 5.01. The third kappa shape index (κ3) is 2.33. The molecule has 5 nitrogen and oxygen atoms in total. The van der Waals surface area contributed by atoms with Crippen molar-refractivity contribution in [1.29, 1.82) is 0 Å². The highest BCUT2D eigenvalue weighted by atomic mass is 16.2. The van der Waals surface area contributed by atoms with Crippen LogP contribution in [0.1, 0.15) is 26.3 Å². The molecule has 2 N–H and O–H groups in total. The zero-order chi connectivity index (χ0) is 13.2. The van der Waals surface area contributed by atoms with E-state index in [0.29, 0.717) is 17.7 Å². The molecule has 1 aromatic carbocycles. The Morgan fingerprint density at radius 3 is 2.74 bits per heavy atom. The molecule has 0 aromatic heterocycles. The molecule has 2 aliphatic rings. The minimum absolute atomic E-state index is 0.0394. The Balaban J connectivity index is 1.85. The molecule has 19 heavy (non-hydrogen) atoms. The number of amides is 2. The summed E-state index contributed by atoms with van der Waals surface area (Å²) in [6.45, 7) is 3.84. The van der Waals surface area contributed by atoms with Gasteiger partial charge in [0.1, 0.15) is 0 Å². The maximum absolute atomic E-state index is 12.4. The number of hydrogen-bond donors (Lipinski definition) is 2. The lowest BCUT2D eigenvalue weighted by atomic mass is 9.97. The first-order chi connectivity index (χ1) is 9.25. The molecule has 0 spiro atoms. The standard InChI is InChI=1S/C14H17N3O2/c18-13-12-2-1-11(9-10(12)3-4-16-13)14(19)17-7-5-15-6-8-17/h1-2,9,15H,3-8H2,(H,16,18). The van der Waals surface area contributed by atoms with E-state index in [9.17, 15) is 9.59 Å². The molecule has 100 valence electrons. The van der Waals surface area contributed by atoms with E-state index in [4.69, 9.17) is 0 Å². The highest BCUT2D eigenvalue weighted by Crippen LogP contribution is 2.17. The van der Waals surface area contributed by atoms with Crippen LogP contribution in [-0.4, -0.2) is 49.4 Å². The number of rotatable bonds is 1. The fourth-order valence-corrected chi connectivity index (χ4v) is 2.61. The number of piperazine rings is 1. The molecule has 0 aliphatic carbocycles. The van der Waals surface area contributed by atoms with Crippen molar-refractivity contribution in [1.82, 2.24) is 15.5 Å². The van der Waals surface area contributed by atoms with E-state index in [1.807, 2.05) is 11.0 Å². The van der Waals surface area contributed by atoms with Crippen LogP contribution in [0.3, 0.4) is 0 Å². The number of nitrogens with one attached hydrogen (secondary N) is 2. The molecule has 2 heterocycles. The summed E-state index contributed by atoms with van der Waals surface area (Å²) in [5.41, 5.74) is 2.36. The summed E-state index contributed by atoms with van der Waals surface area (Å²) in [7, 11) is 0. The summed E-state index contributed by atoms with van der Waals surface area (Å²) in [5, 5.41) is 6.04. The van der Waals surface area contributed by atoms with E-state index in [1.54, 1.807) is 12.1 Å². The topological polar surface area (TPSA) is 61.4 Å². The Morgan fingerprint density at radius 1 is 1.16 bits per heavy atom.